The van der Waals surface area contributed by atoms with E-state index >= 15 is 0 Å². The fourth-order valence-corrected chi connectivity index (χ4v) is 3.84. The molecule has 3 aromatic rings. The molecule has 0 saturated carbocycles. The minimum atomic E-state index is -0.0604. The number of hydrogen-bond donors (Lipinski definition) is 0. The molecule has 1 aliphatic rings. The van der Waals surface area contributed by atoms with E-state index in [-0.39, 0.29) is 11.8 Å². The number of fused-ring (bicyclic) bond motifs is 1. The van der Waals surface area contributed by atoms with Gasteiger partial charge in [-0.3, -0.25) is 4.79 Å². The lowest BCUT2D eigenvalue weighted by Crippen LogP contribution is -2.33. The summed E-state index contributed by atoms with van der Waals surface area (Å²) in [5, 5.41) is 15.1. The van der Waals surface area contributed by atoms with E-state index in [1.54, 1.807) is 15.9 Å². The zero-order valence-electron chi connectivity index (χ0n) is 13.6. The summed E-state index contributed by atoms with van der Waals surface area (Å²) >= 11 is 1.61. The number of carbonyl (C=O) groups is 1. The Balaban J connectivity index is 1.58. The van der Waals surface area contributed by atoms with Gasteiger partial charge in [-0.15, -0.1) is 21.5 Å². The predicted molar refractivity (Wildman–Crippen MR) is 92.8 cm³/mol. The molecule has 1 saturated heterocycles. The molecule has 1 amide bonds. The largest absolute Gasteiger partial charge is 0.342 e. The minimum Gasteiger partial charge on any atom is -0.342 e. The molecule has 4 rings (SSSR count). The van der Waals surface area contributed by atoms with Crippen LogP contribution in [0.1, 0.15) is 25.5 Å². The first-order valence-corrected chi connectivity index (χ1v) is 9.14. The van der Waals surface area contributed by atoms with Gasteiger partial charge in [-0.1, -0.05) is 13.0 Å². The van der Waals surface area contributed by atoms with Crippen LogP contribution < -0.4 is 0 Å². The van der Waals surface area contributed by atoms with E-state index in [4.69, 9.17) is 0 Å². The van der Waals surface area contributed by atoms with Crippen molar-refractivity contribution in [3.8, 4) is 10.7 Å². The number of carbonyl (C=O) groups excluding carboxylic acids is 1. The standard InChI is InChI=1S/C17H19N5OS/c1-12(17(23)21-8-2-3-9-21)11-13-6-7-15-18-19-16(22(15)20-13)14-5-4-10-24-14/h4-7,10,12H,2-3,8-9,11H2,1H3/t12-/m1/s1. The summed E-state index contributed by atoms with van der Waals surface area (Å²) in [6.07, 6.45) is 2.87. The highest BCUT2D eigenvalue weighted by Crippen LogP contribution is 2.23. The molecule has 0 unspecified atom stereocenters. The second-order valence-electron chi connectivity index (χ2n) is 6.23. The van der Waals surface area contributed by atoms with Gasteiger partial charge < -0.3 is 4.90 Å². The number of rotatable bonds is 4. The van der Waals surface area contributed by atoms with Crippen molar-refractivity contribution in [1.29, 1.82) is 0 Å². The Kier molecular flexibility index (Phi) is 4.02. The molecular formula is C17H19N5OS. The van der Waals surface area contributed by atoms with E-state index in [0.717, 1.165) is 48.0 Å². The zero-order valence-corrected chi connectivity index (χ0v) is 14.4. The summed E-state index contributed by atoms with van der Waals surface area (Å²) in [6, 6.07) is 7.85. The molecule has 4 heterocycles. The molecule has 0 aromatic carbocycles. The van der Waals surface area contributed by atoms with Gasteiger partial charge in [0.1, 0.15) is 0 Å². The first-order valence-electron chi connectivity index (χ1n) is 8.26. The van der Waals surface area contributed by atoms with Crippen molar-refractivity contribution < 1.29 is 4.79 Å². The topological polar surface area (TPSA) is 63.4 Å². The van der Waals surface area contributed by atoms with Crippen LogP contribution in [-0.2, 0) is 11.2 Å². The Morgan fingerprint density at radius 3 is 2.83 bits per heavy atom. The Morgan fingerprint density at radius 1 is 1.25 bits per heavy atom. The van der Waals surface area contributed by atoms with Gasteiger partial charge in [-0.2, -0.15) is 9.61 Å². The summed E-state index contributed by atoms with van der Waals surface area (Å²) in [7, 11) is 0. The highest BCUT2D eigenvalue weighted by molar-refractivity contribution is 7.13. The molecular weight excluding hydrogens is 322 g/mol. The summed E-state index contributed by atoms with van der Waals surface area (Å²) in [6.45, 7) is 3.77. The van der Waals surface area contributed by atoms with Crippen molar-refractivity contribution in [1.82, 2.24) is 24.7 Å². The van der Waals surface area contributed by atoms with E-state index in [2.05, 4.69) is 15.3 Å². The normalized spacial score (nSPS) is 16.0. The lowest BCUT2D eigenvalue weighted by atomic mass is 10.0. The second kappa shape index (κ2) is 6.32. The SMILES string of the molecule is C[C@H](Cc1ccc2nnc(-c3cccs3)n2n1)C(=O)N1CCCC1. The molecule has 1 fully saturated rings. The van der Waals surface area contributed by atoms with Crippen molar-refractivity contribution in [3.05, 3.63) is 35.3 Å². The van der Waals surface area contributed by atoms with Gasteiger partial charge in [0.05, 0.1) is 10.6 Å². The average Bonchev–Trinajstić information content (AvgIpc) is 3.33. The molecule has 24 heavy (non-hydrogen) atoms. The van der Waals surface area contributed by atoms with E-state index in [1.165, 1.54) is 0 Å². The van der Waals surface area contributed by atoms with Crippen LogP contribution in [0.5, 0.6) is 0 Å². The monoisotopic (exact) mass is 341 g/mol. The molecule has 1 aliphatic heterocycles. The van der Waals surface area contributed by atoms with Crippen LogP contribution in [0.4, 0.5) is 0 Å². The minimum absolute atomic E-state index is 0.0604. The van der Waals surface area contributed by atoms with Crippen molar-refractivity contribution in [2.24, 2.45) is 5.92 Å². The summed E-state index contributed by atoms with van der Waals surface area (Å²) in [5.74, 6) is 0.923. The van der Waals surface area contributed by atoms with Crippen LogP contribution in [0.3, 0.4) is 0 Å². The zero-order chi connectivity index (χ0) is 16.5. The number of thiophene rings is 1. The lowest BCUT2D eigenvalue weighted by molar-refractivity contribution is -0.133. The summed E-state index contributed by atoms with van der Waals surface area (Å²) < 4.78 is 1.77. The molecule has 7 heteroatoms. The smallest absolute Gasteiger partial charge is 0.225 e. The van der Waals surface area contributed by atoms with Crippen molar-refractivity contribution in [3.63, 3.8) is 0 Å². The number of aromatic nitrogens is 4. The molecule has 0 spiro atoms. The summed E-state index contributed by atoms with van der Waals surface area (Å²) in [5.41, 5.74) is 1.61. The van der Waals surface area contributed by atoms with E-state index in [0.29, 0.717) is 6.42 Å². The number of hydrogen-bond acceptors (Lipinski definition) is 5. The Hall–Kier alpha value is -2.28. The molecule has 0 aliphatic carbocycles. The van der Waals surface area contributed by atoms with Gasteiger partial charge in [0.15, 0.2) is 11.5 Å². The van der Waals surface area contributed by atoms with E-state index in [9.17, 15) is 4.79 Å². The van der Waals surface area contributed by atoms with Crippen LogP contribution >= 0.6 is 11.3 Å². The molecule has 0 bridgehead atoms. The third kappa shape index (κ3) is 2.80. The Bertz CT molecular complexity index is 851. The van der Waals surface area contributed by atoms with Crippen LogP contribution in [0, 0.1) is 5.92 Å². The van der Waals surface area contributed by atoms with Crippen LogP contribution in [-0.4, -0.2) is 43.7 Å². The third-order valence-electron chi connectivity index (χ3n) is 4.41. The van der Waals surface area contributed by atoms with Gasteiger partial charge in [-0.05, 0) is 36.4 Å². The molecule has 3 aromatic heterocycles. The molecule has 1 atom stereocenters. The average molecular weight is 341 g/mol. The van der Waals surface area contributed by atoms with Gasteiger partial charge in [0, 0.05) is 25.4 Å². The van der Waals surface area contributed by atoms with Gasteiger partial charge in [0.25, 0.3) is 0 Å². The first kappa shape index (κ1) is 15.3. The quantitative estimate of drug-likeness (QED) is 0.732. The first-order chi connectivity index (χ1) is 11.7. The van der Waals surface area contributed by atoms with Gasteiger partial charge in [-0.25, -0.2) is 0 Å². The van der Waals surface area contributed by atoms with Crippen LogP contribution in [0.25, 0.3) is 16.3 Å². The maximum atomic E-state index is 12.5. The Morgan fingerprint density at radius 2 is 2.08 bits per heavy atom. The lowest BCUT2D eigenvalue weighted by Gasteiger charge is -2.20. The molecule has 0 N–H and O–H groups in total. The Labute approximate surface area is 144 Å². The number of amides is 1. The second-order valence-corrected chi connectivity index (χ2v) is 7.18. The van der Waals surface area contributed by atoms with E-state index < -0.39 is 0 Å². The summed E-state index contributed by atoms with van der Waals surface area (Å²) in [4.78, 5) is 15.5. The van der Waals surface area contributed by atoms with Crippen LogP contribution in [0.15, 0.2) is 29.6 Å². The third-order valence-corrected chi connectivity index (χ3v) is 5.28. The van der Waals surface area contributed by atoms with Crippen LogP contribution in [0.2, 0.25) is 0 Å². The van der Waals surface area contributed by atoms with Gasteiger partial charge in [0.2, 0.25) is 5.91 Å². The number of nitrogens with zero attached hydrogens (tertiary/aromatic N) is 5. The number of likely N-dealkylation sites (tertiary alicyclic amines) is 1. The fraction of sp³-hybridized carbons (Fsp3) is 0.412. The maximum Gasteiger partial charge on any atom is 0.225 e. The van der Waals surface area contributed by atoms with Crippen molar-refractivity contribution in [2.75, 3.05) is 13.1 Å². The molecule has 6 nitrogen and oxygen atoms in total. The van der Waals surface area contributed by atoms with Gasteiger partial charge >= 0.3 is 0 Å². The molecule has 124 valence electrons. The fourth-order valence-electron chi connectivity index (χ4n) is 3.15. The molecule has 0 radical (unpaired) electrons. The predicted octanol–water partition coefficient (Wildman–Crippen LogP) is 2.65. The highest BCUT2D eigenvalue weighted by Gasteiger charge is 2.24. The van der Waals surface area contributed by atoms with E-state index in [1.807, 2.05) is 41.5 Å². The highest BCUT2D eigenvalue weighted by atomic mass is 32.1. The van der Waals surface area contributed by atoms with Crippen molar-refractivity contribution in [2.45, 2.75) is 26.2 Å². The van der Waals surface area contributed by atoms with Crippen molar-refractivity contribution >= 4 is 22.9 Å². The maximum absolute atomic E-state index is 12.5.